The number of rotatable bonds is 1. The summed E-state index contributed by atoms with van der Waals surface area (Å²) in [4.78, 5) is 4.46. The zero-order chi connectivity index (χ0) is 20.8. The number of allylic oxidation sites excluding steroid dienone is 2. The Labute approximate surface area is 186 Å². The highest BCUT2D eigenvalue weighted by atomic mass is 16.5. The number of fused-ring (bicyclic) bond motifs is 2. The van der Waals surface area contributed by atoms with Crippen molar-refractivity contribution in [1.29, 1.82) is 0 Å². The van der Waals surface area contributed by atoms with Crippen molar-refractivity contribution in [3.8, 4) is 0 Å². The van der Waals surface area contributed by atoms with Gasteiger partial charge in [-0.05, 0) is 115 Å². The molecule has 1 saturated heterocycles. The van der Waals surface area contributed by atoms with Crippen LogP contribution in [0.15, 0.2) is 47.8 Å². The summed E-state index contributed by atoms with van der Waals surface area (Å²) in [5, 5.41) is 0. The van der Waals surface area contributed by atoms with E-state index in [-0.39, 0.29) is 11.2 Å². The summed E-state index contributed by atoms with van der Waals surface area (Å²) < 4.78 is 7.31. The van der Waals surface area contributed by atoms with Gasteiger partial charge in [0.15, 0.2) is 0 Å². The van der Waals surface area contributed by atoms with Crippen LogP contribution in [-0.4, -0.2) is 16.2 Å². The molecule has 2 nitrogen and oxygen atoms in total. The van der Waals surface area contributed by atoms with E-state index in [2.05, 4.69) is 55.4 Å². The number of nitrogens with zero attached hydrogens (tertiary/aromatic N) is 1. The minimum Gasteiger partial charge on any atom is -0.359 e. The third-order valence-electron chi connectivity index (χ3n) is 10.6. The van der Waals surface area contributed by atoms with Gasteiger partial charge in [-0.15, -0.1) is 0 Å². The van der Waals surface area contributed by atoms with Gasteiger partial charge >= 0.3 is 0 Å². The molecule has 6 aliphatic rings. The number of pyridine rings is 1. The van der Waals surface area contributed by atoms with Gasteiger partial charge in [-0.3, -0.25) is 4.98 Å². The molecule has 3 fully saturated rings. The summed E-state index contributed by atoms with van der Waals surface area (Å²) in [6.07, 6.45) is 25.8. The molecule has 0 N–H and O–H groups in total. The van der Waals surface area contributed by atoms with Crippen LogP contribution >= 0.6 is 0 Å². The standard InChI is InChI=1S/C29H35NO/c1-19-23(7-6-20-11-16-30-18-24(19)20)25-8-9-26-27(25,2)13-10-22-17-21-5-3-4-12-28(21)14-15-29(22,26)31-28/h6-7,10-11,16-19,23,25-26H,3-5,8-9,12-15H2,1-2H3/t19?,23?,25?,26-,27?,28+,29-/m1/s1. The summed E-state index contributed by atoms with van der Waals surface area (Å²) in [7, 11) is 0. The molecule has 2 aliphatic heterocycles. The molecule has 4 aliphatic carbocycles. The maximum absolute atomic E-state index is 7.31. The van der Waals surface area contributed by atoms with Crippen LogP contribution < -0.4 is 0 Å². The third-order valence-corrected chi connectivity index (χ3v) is 10.6. The molecule has 1 aromatic rings. The summed E-state index contributed by atoms with van der Waals surface area (Å²) in [6.45, 7) is 5.05. The van der Waals surface area contributed by atoms with Crippen LogP contribution in [-0.2, 0) is 4.74 Å². The van der Waals surface area contributed by atoms with Crippen LogP contribution in [0.2, 0.25) is 0 Å². The van der Waals surface area contributed by atoms with Crippen LogP contribution in [0.25, 0.3) is 6.08 Å². The van der Waals surface area contributed by atoms with Crippen molar-refractivity contribution in [2.24, 2.45) is 23.2 Å². The van der Waals surface area contributed by atoms with Crippen LogP contribution in [0, 0.1) is 23.2 Å². The Bertz CT molecular complexity index is 1030. The first-order chi connectivity index (χ1) is 15.1. The molecule has 0 aromatic carbocycles. The molecule has 31 heavy (non-hydrogen) atoms. The summed E-state index contributed by atoms with van der Waals surface area (Å²) in [5.74, 6) is 2.54. The summed E-state index contributed by atoms with van der Waals surface area (Å²) in [6, 6.07) is 2.17. The van der Waals surface area contributed by atoms with E-state index in [1.54, 1.807) is 11.1 Å². The summed E-state index contributed by atoms with van der Waals surface area (Å²) >= 11 is 0. The van der Waals surface area contributed by atoms with E-state index in [4.69, 9.17) is 4.74 Å². The largest absolute Gasteiger partial charge is 0.359 e. The minimum atomic E-state index is 0.00364. The van der Waals surface area contributed by atoms with Crippen LogP contribution in [0.5, 0.6) is 0 Å². The highest BCUT2D eigenvalue weighted by Gasteiger charge is 2.66. The van der Waals surface area contributed by atoms with Crippen LogP contribution in [0.4, 0.5) is 0 Å². The first-order valence-corrected chi connectivity index (χ1v) is 12.8. The van der Waals surface area contributed by atoms with Gasteiger partial charge in [0, 0.05) is 12.4 Å². The first-order valence-electron chi connectivity index (χ1n) is 12.8. The molecule has 2 bridgehead atoms. The number of ether oxygens (including phenoxy) is 1. The fourth-order valence-electron chi connectivity index (χ4n) is 9.06. The van der Waals surface area contributed by atoms with E-state index >= 15 is 0 Å². The molecular weight excluding hydrogens is 378 g/mol. The maximum atomic E-state index is 7.31. The number of hydrogen-bond acceptors (Lipinski definition) is 2. The Morgan fingerprint density at radius 2 is 2.06 bits per heavy atom. The van der Waals surface area contributed by atoms with Gasteiger partial charge in [-0.1, -0.05) is 38.2 Å². The first kappa shape index (κ1) is 18.9. The predicted octanol–water partition coefficient (Wildman–Crippen LogP) is 6.99. The third kappa shape index (κ3) is 2.30. The van der Waals surface area contributed by atoms with Crippen molar-refractivity contribution in [2.75, 3.05) is 0 Å². The molecule has 2 spiro atoms. The van der Waals surface area contributed by atoms with E-state index in [1.807, 2.05) is 6.20 Å². The topological polar surface area (TPSA) is 22.1 Å². The van der Waals surface area contributed by atoms with E-state index in [1.165, 1.54) is 68.9 Å². The lowest BCUT2D eigenvalue weighted by atomic mass is 9.55. The lowest BCUT2D eigenvalue weighted by molar-refractivity contribution is -0.138. The highest BCUT2D eigenvalue weighted by molar-refractivity contribution is 5.57. The van der Waals surface area contributed by atoms with Crippen molar-refractivity contribution in [3.05, 3.63) is 59.0 Å². The second-order valence-electron chi connectivity index (χ2n) is 11.7. The second-order valence-corrected chi connectivity index (χ2v) is 11.7. The molecule has 0 amide bonds. The highest BCUT2D eigenvalue weighted by Crippen LogP contribution is 2.69. The SMILES string of the molecule is CC1c2cnccc2C=CC1C1CC[C@@H]2C1(C)CC=C1C=C3CCCC[C@]34CC[C@@]12O4. The molecule has 3 heterocycles. The van der Waals surface area contributed by atoms with Crippen molar-refractivity contribution in [2.45, 2.75) is 88.8 Å². The normalized spacial score (nSPS) is 47.0. The van der Waals surface area contributed by atoms with Gasteiger partial charge in [-0.2, -0.15) is 0 Å². The Kier molecular flexibility index (Phi) is 3.78. The second kappa shape index (κ2) is 6.22. The molecule has 2 saturated carbocycles. The smallest absolute Gasteiger partial charge is 0.0974 e. The summed E-state index contributed by atoms with van der Waals surface area (Å²) in [5.41, 5.74) is 6.42. The maximum Gasteiger partial charge on any atom is 0.0974 e. The Balaban J connectivity index is 1.27. The average molecular weight is 414 g/mol. The van der Waals surface area contributed by atoms with Crippen molar-refractivity contribution < 1.29 is 4.74 Å². The average Bonchev–Trinajstić information content (AvgIpc) is 3.29. The Hall–Kier alpha value is -1.67. The zero-order valence-electron chi connectivity index (χ0n) is 19.1. The predicted molar refractivity (Wildman–Crippen MR) is 125 cm³/mol. The van der Waals surface area contributed by atoms with Crippen molar-refractivity contribution in [3.63, 3.8) is 0 Å². The fourth-order valence-corrected chi connectivity index (χ4v) is 9.06. The van der Waals surface area contributed by atoms with Gasteiger partial charge < -0.3 is 4.74 Å². The monoisotopic (exact) mass is 413 g/mol. The molecule has 4 unspecified atom stereocenters. The zero-order valence-corrected chi connectivity index (χ0v) is 19.1. The molecule has 2 heteroatoms. The fraction of sp³-hybridized carbons (Fsp3) is 0.621. The van der Waals surface area contributed by atoms with Gasteiger partial charge in [0.05, 0.1) is 11.2 Å². The molecule has 0 radical (unpaired) electrons. The van der Waals surface area contributed by atoms with Crippen LogP contribution in [0.3, 0.4) is 0 Å². The molecule has 7 atom stereocenters. The van der Waals surface area contributed by atoms with Crippen molar-refractivity contribution >= 4 is 6.08 Å². The molecule has 1 aromatic heterocycles. The lowest BCUT2D eigenvalue weighted by Gasteiger charge is -2.55. The quantitative estimate of drug-likeness (QED) is 0.495. The van der Waals surface area contributed by atoms with E-state index in [9.17, 15) is 0 Å². The van der Waals surface area contributed by atoms with Gasteiger partial charge in [-0.25, -0.2) is 0 Å². The van der Waals surface area contributed by atoms with Gasteiger partial charge in [0.1, 0.15) is 0 Å². The van der Waals surface area contributed by atoms with Gasteiger partial charge in [0.2, 0.25) is 0 Å². The molecule has 162 valence electrons. The number of aromatic nitrogens is 1. The Morgan fingerprint density at radius 1 is 1.13 bits per heavy atom. The van der Waals surface area contributed by atoms with Crippen LogP contribution in [0.1, 0.15) is 88.7 Å². The van der Waals surface area contributed by atoms with Crippen molar-refractivity contribution in [1.82, 2.24) is 4.98 Å². The number of hydrogen-bond donors (Lipinski definition) is 0. The molecular formula is C29H35NO. The minimum absolute atomic E-state index is 0.00364. The van der Waals surface area contributed by atoms with E-state index in [0.717, 1.165) is 5.92 Å². The van der Waals surface area contributed by atoms with E-state index in [0.29, 0.717) is 23.2 Å². The van der Waals surface area contributed by atoms with Gasteiger partial charge in [0.25, 0.3) is 0 Å². The molecule has 7 rings (SSSR count). The Morgan fingerprint density at radius 3 is 3.00 bits per heavy atom. The lowest BCUT2D eigenvalue weighted by Crippen LogP contribution is -2.54. The van der Waals surface area contributed by atoms with E-state index < -0.39 is 0 Å².